The Morgan fingerprint density at radius 2 is 1.57 bits per heavy atom. The predicted octanol–water partition coefficient (Wildman–Crippen LogP) is 4.71. The van der Waals surface area contributed by atoms with Crippen LogP contribution < -0.4 is 16.0 Å². The summed E-state index contributed by atoms with van der Waals surface area (Å²) in [6, 6.07) is 22.8. The van der Waals surface area contributed by atoms with Crippen molar-refractivity contribution in [3.8, 4) is 11.1 Å². The van der Waals surface area contributed by atoms with Crippen LogP contribution in [-0.4, -0.2) is 55.7 Å². The third-order valence-electron chi connectivity index (χ3n) is 8.30. The van der Waals surface area contributed by atoms with Gasteiger partial charge >= 0.3 is 0 Å². The van der Waals surface area contributed by atoms with Crippen molar-refractivity contribution in [2.24, 2.45) is 11.7 Å². The smallest absolute Gasteiger partial charge is 0.253 e. The molecule has 1 saturated carbocycles. The van der Waals surface area contributed by atoms with Crippen LogP contribution in [0.5, 0.6) is 0 Å². The number of rotatable bonds is 10. The van der Waals surface area contributed by atoms with E-state index >= 15 is 0 Å². The summed E-state index contributed by atoms with van der Waals surface area (Å²) in [6.07, 6.45) is 3.17. The Balaban J connectivity index is 1.25. The summed E-state index contributed by atoms with van der Waals surface area (Å²) in [7, 11) is 0. The van der Waals surface area contributed by atoms with Crippen LogP contribution in [0.25, 0.3) is 11.1 Å². The van der Waals surface area contributed by atoms with E-state index in [1.165, 1.54) is 0 Å². The van der Waals surface area contributed by atoms with Crippen molar-refractivity contribution in [2.75, 3.05) is 43.1 Å². The highest BCUT2D eigenvalue weighted by molar-refractivity contribution is 5.98. The van der Waals surface area contributed by atoms with Crippen LogP contribution >= 0.6 is 0 Å². The van der Waals surface area contributed by atoms with Gasteiger partial charge in [0.1, 0.15) is 6.10 Å². The van der Waals surface area contributed by atoms with E-state index in [1.54, 1.807) is 0 Å². The first kappa shape index (κ1) is 28.4. The molecule has 1 unspecified atom stereocenters. The number of hydrogen-bond acceptors (Lipinski definition) is 6. The van der Waals surface area contributed by atoms with Crippen molar-refractivity contribution in [2.45, 2.75) is 51.4 Å². The van der Waals surface area contributed by atoms with Crippen LogP contribution in [0.15, 0.2) is 66.7 Å². The normalized spacial score (nSPS) is 18.6. The van der Waals surface area contributed by atoms with Gasteiger partial charge in [-0.15, -0.1) is 0 Å². The molecule has 1 atom stereocenters. The molecule has 6 rings (SSSR count). The average Bonchev–Trinajstić information content (AvgIpc) is 3.73. The zero-order valence-corrected chi connectivity index (χ0v) is 24.1. The minimum atomic E-state index is -0.407. The topological polar surface area (TPSA) is 97.1 Å². The van der Waals surface area contributed by atoms with Gasteiger partial charge < -0.3 is 30.3 Å². The molecule has 1 aliphatic carbocycles. The number of anilines is 2. The molecule has 8 heteroatoms. The third kappa shape index (κ3) is 6.84. The Kier molecular flexibility index (Phi) is 8.84. The molecule has 0 aromatic heterocycles. The summed E-state index contributed by atoms with van der Waals surface area (Å²) < 4.78 is 11.2. The fourth-order valence-electron chi connectivity index (χ4n) is 5.84. The van der Waals surface area contributed by atoms with E-state index in [1.807, 2.05) is 23.1 Å². The first-order valence-corrected chi connectivity index (χ1v) is 15.1. The van der Waals surface area contributed by atoms with Crippen LogP contribution in [0, 0.1) is 5.92 Å². The van der Waals surface area contributed by atoms with Crippen molar-refractivity contribution in [3.63, 3.8) is 0 Å². The van der Waals surface area contributed by atoms with Crippen LogP contribution in [0.3, 0.4) is 0 Å². The Bertz CT molecular complexity index is 1410. The quantitative estimate of drug-likeness (QED) is 0.368. The first-order chi connectivity index (χ1) is 20.6. The van der Waals surface area contributed by atoms with Gasteiger partial charge in [-0.3, -0.25) is 9.59 Å². The fraction of sp³-hybridized carbons (Fsp3) is 0.412. The minimum absolute atomic E-state index is 0.0964. The highest BCUT2D eigenvalue weighted by Crippen LogP contribution is 2.35. The Hall–Kier alpha value is -3.72. The van der Waals surface area contributed by atoms with E-state index in [2.05, 4.69) is 58.7 Å². The molecule has 0 radical (unpaired) electrons. The van der Waals surface area contributed by atoms with Gasteiger partial charge in [-0.05, 0) is 71.7 Å². The van der Waals surface area contributed by atoms with E-state index in [0.29, 0.717) is 39.5 Å². The summed E-state index contributed by atoms with van der Waals surface area (Å²) in [5, 5.41) is 3.17. The SMILES string of the molecule is NCc1cccc(CN(Cc2cccc(-c3ccc(N4CCOCC4)c(NC(=O)C4CCCO4)c3)c2)C(=O)C2CC2)c1. The molecule has 3 N–H and O–H groups in total. The molecule has 3 fully saturated rings. The van der Waals surface area contributed by atoms with Crippen molar-refractivity contribution in [1.29, 1.82) is 0 Å². The third-order valence-corrected chi connectivity index (χ3v) is 8.30. The lowest BCUT2D eigenvalue weighted by molar-refractivity contribution is -0.133. The minimum Gasteiger partial charge on any atom is -0.378 e. The zero-order valence-electron chi connectivity index (χ0n) is 24.1. The maximum absolute atomic E-state index is 13.3. The lowest BCUT2D eigenvalue weighted by atomic mass is 10.0. The number of benzene rings is 3. The lowest BCUT2D eigenvalue weighted by Gasteiger charge is -2.31. The van der Waals surface area contributed by atoms with Gasteiger partial charge in [-0.1, -0.05) is 48.5 Å². The molecule has 0 bridgehead atoms. The molecular weight excluding hydrogens is 528 g/mol. The molecule has 2 saturated heterocycles. The Morgan fingerprint density at radius 1 is 0.857 bits per heavy atom. The summed E-state index contributed by atoms with van der Waals surface area (Å²) >= 11 is 0. The molecular formula is C34H40N4O4. The van der Waals surface area contributed by atoms with Crippen LogP contribution in [-0.2, 0) is 38.7 Å². The zero-order chi connectivity index (χ0) is 28.9. The van der Waals surface area contributed by atoms with Gasteiger partial charge in [-0.2, -0.15) is 0 Å². The summed E-state index contributed by atoms with van der Waals surface area (Å²) in [4.78, 5) is 30.6. The van der Waals surface area contributed by atoms with Gasteiger partial charge in [0, 0.05) is 45.2 Å². The number of nitrogens with two attached hydrogens (primary N) is 1. The van der Waals surface area contributed by atoms with E-state index in [4.69, 9.17) is 15.2 Å². The molecule has 2 aliphatic heterocycles. The Morgan fingerprint density at radius 3 is 2.29 bits per heavy atom. The number of carbonyl (C=O) groups is 2. The number of nitrogens with zero attached hydrogens (tertiary/aromatic N) is 2. The van der Waals surface area contributed by atoms with Gasteiger partial charge in [0.15, 0.2) is 0 Å². The maximum Gasteiger partial charge on any atom is 0.253 e. The fourth-order valence-corrected chi connectivity index (χ4v) is 5.84. The number of carbonyl (C=O) groups excluding carboxylic acids is 2. The van der Waals surface area contributed by atoms with Crippen molar-refractivity contribution >= 4 is 23.2 Å². The molecule has 42 heavy (non-hydrogen) atoms. The van der Waals surface area contributed by atoms with E-state index in [0.717, 1.165) is 78.0 Å². The second kappa shape index (κ2) is 13.1. The number of hydrogen-bond donors (Lipinski definition) is 2. The monoisotopic (exact) mass is 568 g/mol. The molecule has 3 aromatic rings. The van der Waals surface area contributed by atoms with E-state index in [9.17, 15) is 9.59 Å². The molecule has 3 aromatic carbocycles. The first-order valence-electron chi connectivity index (χ1n) is 15.1. The van der Waals surface area contributed by atoms with E-state index < -0.39 is 6.10 Å². The number of nitrogens with one attached hydrogen (secondary N) is 1. The lowest BCUT2D eigenvalue weighted by Crippen LogP contribution is -2.37. The second-order valence-electron chi connectivity index (χ2n) is 11.5. The van der Waals surface area contributed by atoms with Crippen molar-refractivity contribution < 1.29 is 19.1 Å². The number of amides is 2. The molecule has 2 heterocycles. The van der Waals surface area contributed by atoms with Gasteiger partial charge in [0.05, 0.1) is 24.6 Å². The molecule has 220 valence electrons. The highest BCUT2D eigenvalue weighted by atomic mass is 16.5. The predicted molar refractivity (Wildman–Crippen MR) is 164 cm³/mol. The molecule has 3 aliphatic rings. The van der Waals surface area contributed by atoms with Gasteiger partial charge in [0.2, 0.25) is 5.91 Å². The van der Waals surface area contributed by atoms with Crippen LogP contribution in [0.2, 0.25) is 0 Å². The largest absolute Gasteiger partial charge is 0.378 e. The Labute approximate surface area is 247 Å². The standard InChI is InChI=1S/C34H40N4O4/c35-21-24-4-1-5-25(18-24)22-38(34(40)27-9-10-27)23-26-6-2-7-28(19-26)29-11-12-31(37-13-16-41-17-14-37)30(20-29)36-33(39)32-8-3-15-42-32/h1-2,4-7,11-12,18-20,27,32H,3,8-10,13-17,21-23,35H2,(H,36,39). The number of morpholine rings is 1. The van der Waals surface area contributed by atoms with Gasteiger partial charge in [0.25, 0.3) is 5.91 Å². The molecule has 8 nitrogen and oxygen atoms in total. The van der Waals surface area contributed by atoms with Crippen molar-refractivity contribution in [3.05, 3.63) is 83.4 Å². The molecule has 2 amide bonds. The van der Waals surface area contributed by atoms with Gasteiger partial charge in [-0.25, -0.2) is 0 Å². The summed E-state index contributed by atoms with van der Waals surface area (Å²) in [5.41, 5.74) is 12.9. The second-order valence-corrected chi connectivity index (χ2v) is 11.5. The summed E-state index contributed by atoms with van der Waals surface area (Å²) in [6.45, 7) is 5.07. The van der Waals surface area contributed by atoms with Crippen LogP contribution in [0.4, 0.5) is 11.4 Å². The van der Waals surface area contributed by atoms with E-state index in [-0.39, 0.29) is 17.7 Å². The van der Waals surface area contributed by atoms with Crippen molar-refractivity contribution in [1.82, 2.24) is 4.90 Å². The summed E-state index contributed by atoms with van der Waals surface area (Å²) in [5.74, 6) is 0.252. The maximum atomic E-state index is 13.3. The molecule has 0 spiro atoms. The number of ether oxygens (including phenoxy) is 2. The average molecular weight is 569 g/mol. The van der Waals surface area contributed by atoms with Crippen LogP contribution in [0.1, 0.15) is 42.4 Å². The highest BCUT2D eigenvalue weighted by Gasteiger charge is 2.33.